The van der Waals surface area contributed by atoms with Gasteiger partial charge in [-0.15, -0.1) is 13.2 Å². The maximum absolute atomic E-state index is 12.2. The summed E-state index contributed by atoms with van der Waals surface area (Å²) in [5.41, 5.74) is 6.18. The Balaban J connectivity index is 2.02. The number of benzene rings is 1. The molecule has 2 atom stereocenters. The molecule has 1 aromatic carbocycles. The molecule has 0 aliphatic heterocycles. The Morgan fingerprint density at radius 1 is 1.29 bits per heavy atom. The summed E-state index contributed by atoms with van der Waals surface area (Å²) in [6.45, 7) is 0. The van der Waals surface area contributed by atoms with Crippen LogP contribution < -0.4 is 15.8 Å². The molecule has 2 rings (SSSR count). The monoisotopic (exact) mass is 302 g/mol. The van der Waals surface area contributed by atoms with E-state index in [0.717, 1.165) is 25.3 Å². The highest BCUT2D eigenvalue weighted by Crippen LogP contribution is 2.27. The van der Waals surface area contributed by atoms with Crippen molar-refractivity contribution in [2.24, 2.45) is 11.7 Å². The van der Waals surface area contributed by atoms with Crippen LogP contribution in [0.4, 0.5) is 18.9 Å². The summed E-state index contributed by atoms with van der Waals surface area (Å²) in [7, 11) is 0. The first kappa shape index (κ1) is 15.6. The maximum atomic E-state index is 12.2. The lowest BCUT2D eigenvalue weighted by molar-refractivity contribution is -0.274. The van der Waals surface area contributed by atoms with E-state index in [1.807, 2.05) is 0 Å². The van der Waals surface area contributed by atoms with Crippen molar-refractivity contribution >= 4 is 11.6 Å². The summed E-state index contributed by atoms with van der Waals surface area (Å²) in [5.74, 6) is -0.925. The van der Waals surface area contributed by atoms with Crippen molar-refractivity contribution in [3.63, 3.8) is 0 Å². The first-order valence-electron chi connectivity index (χ1n) is 6.77. The van der Waals surface area contributed by atoms with Crippen molar-refractivity contribution in [2.75, 3.05) is 5.32 Å². The van der Waals surface area contributed by atoms with Gasteiger partial charge in [0.2, 0.25) is 5.91 Å². The molecule has 0 bridgehead atoms. The van der Waals surface area contributed by atoms with E-state index in [4.69, 9.17) is 5.73 Å². The number of ether oxygens (including phenoxy) is 1. The molecule has 7 heteroatoms. The van der Waals surface area contributed by atoms with Crippen molar-refractivity contribution in [3.05, 3.63) is 24.3 Å². The fraction of sp³-hybridized carbons (Fsp3) is 0.500. The van der Waals surface area contributed by atoms with Crippen LogP contribution in [0, 0.1) is 5.92 Å². The number of nitrogens with one attached hydrogen (secondary N) is 1. The number of hydrogen-bond donors (Lipinski definition) is 2. The van der Waals surface area contributed by atoms with E-state index in [0.29, 0.717) is 6.42 Å². The molecule has 4 nitrogen and oxygen atoms in total. The van der Waals surface area contributed by atoms with Crippen molar-refractivity contribution in [2.45, 2.75) is 38.1 Å². The van der Waals surface area contributed by atoms with Crippen molar-refractivity contribution in [1.29, 1.82) is 0 Å². The van der Waals surface area contributed by atoms with Crippen LogP contribution in [0.3, 0.4) is 0 Å². The number of hydrogen-bond acceptors (Lipinski definition) is 3. The summed E-state index contributed by atoms with van der Waals surface area (Å²) in [4.78, 5) is 12.1. The molecule has 3 N–H and O–H groups in total. The Morgan fingerprint density at radius 3 is 2.67 bits per heavy atom. The van der Waals surface area contributed by atoms with Crippen LogP contribution in [0.2, 0.25) is 0 Å². The first-order valence-corrected chi connectivity index (χ1v) is 6.77. The van der Waals surface area contributed by atoms with Gasteiger partial charge in [-0.2, -0.15) is 0 Å². The predicted molar refractivity (Wildman–Crippen MR) is 71.7 cm³/mol. The second-order valence-corrected chi connectivity index (χ2v) is 5.12. The Kier molecular flexibility index (Phi) is 4.72. The number of halogens is 3. The Hall–Kier alpha value is -1.76. The van der Waals surface area contributed by atoms with Crippen LogP contribution in [0.15, 0.2) is 24.3 Å². The van der Waals surface area contributed by atoms with Crippen molar-refractivity contribution in [1.82, 2.24) is 0 Å². The van der Waals surface area contributed by atoms with E-state index in [1.165, 1.54) is 18.2 Å². The molecule has 0 spiro atoms. The summed E-state index contributed by atoms with van der Waals surface area (Å²) < 4.78 is 40.3. The molecule has 1 amide bonds. The highest BCUT2D eigenvalue weighted by molar-refractivity contribution is 5.93. The highest BCUT2D eigenvalue weighted by atomic mass is 19.4. The third kappa shape index (κ3) is 4.63. The zero-order valence-electron chi connectivity index (χ0n) is 11.3. The molecule has 1 aliphatic rings. The lowest BCUT2D eigenvalue weighted by Gasteiger charge is -2.27. The third-order valence-electron chi connectivity index (χ3n) is 3.49. The largest absolute Gasteiger partial charge is 0.573 e. The van der Waals surface area contributed by atoms with Crippen LogP contribution in [0.5, 0.6) is 5.75 Å². The zero-order chi connectivity index (χ0) is 15.5. The van der Waals surface area contributed by atoms with Gasteiger partial charge < -0.3 is 15.8 Å². The molecule has 116 valence electrons. The second-order valence-electron chi connectivity index (χ2n) is 5.12. The number of carbonyl (C=O) groups is 1. The molecule has 0 radical (unpaired) electrons. The minimum absolute atomic E-state index is 0.201. The number of anilines is 1. The highest BCUT2D eigenvalue weighted by Gasteiger charge is 2.31. The Labute approximate surface area is 120 Å². The van der Waals surface area contributed by atoms with Gasteiger partial charge in [-0.05, 0) is 25.0 Å². The SMILES string of the molecule is NC1CCCCC1C(=O)Nc1cccc(OC(F)(F)F)c1. The topological polar surface area (TPSA) is 64.4 Å². The van der Waals surface area contributed by atoms with Gasteiger partial charge in [0.05, 0.1) is 5.92 Å². The van der Waals surface area contributed by atoms with Gasteiger partial charge in [0.1, 0.15) is 5.75 Å². The number of carbonyl (C=O) groups excluding carboxylic acids is 1. The average Bonchev–Trinajstić information content (AvgIpc) is 2.37. The van der Waals surface area contributed by atoms with Crippen LogP contribution in [-0.4, -0.2) is 18.3 Å². The van der Waals surface area contributed by atoms with Gasteiger partial charge in [0.15, 0.2) is 0 Å². The maximum Gasteiger partial charge on any atom is 0.573 e. The number of nitrogens with two attached hydrogens (primary N) is 1. The molecule has 0 heterocycles. The molecule has 21 heavy (non-hydrogen) atoms. The van der Waals surface area contributed by atoms with Gasteiger partial charge in [0.25, 0.3) is 0 Å². The third-order valence-corrected chi connectivity index (χ3v) is 3.49. The molecule has 1 fully saturated rings. The summed E-state index contributed by atoms with van der Waals surface area (Å²) in [6.07, 6.45) is -1.34. The lowest BCUT2D eigenvalue weighted by Crippen LogP contribution is -2.40. The van der Waals surface area contributed by atoms with E-state index < -0.39 is 6.36 Å². The minimum Gasteiger partial charge on any atom is -0.406 e. The van der Waals surface area contributed by atoms with Gasteiger partial charge in [-0.1, -0.05) is 18.9 Å². The zero-order valence-corrected chi connectivity index (χ0v) is 11.3. The summed E-state index contributed by atoms with van der Waals surface area (Å²) in [6, 6.07) is 5.01. The first-order chi connectivity index (χ1) is 9.85. The molecule has 1 aliphatic carbocycles. The molecule has 2 unspecified atom stereocenters. The van der Waals surface area contributed by atoms with E-state index in [-0.39, 0.29) is 29.3 Å². The van der Waals surface area contributed by atoms with Gasteiger partial charge >= 0.3 is 6.36 Å². The number of rotatable bonds is 3. The summed E-state index contributed by atoms with van der Waals surface area (Å²) >= 11 is 0. The van der Waals surface area contributed by atoms with E-state index in [9.17, 15) is 18.0 Å². The van der Waals surface area contributed by atoms with Crippen LogP contribution >= 0.6 is 0 Å². The molecule has 1 aromatic rings. The minimum atomic E-state index is -4.76. The van der Waals surface area contributed by atoms with Gasteiger partial charge in [-0.3, -0.25) is 4.79 Å². The van der Waals surface area contributed by atoms with Crippen molar-refractivity contribution in [3.8, 4) is 5.75 Å². The van der Waals surface area contributed by atoms with Gasteiger partial charge in [-0.25, -0.2) is 0 Å². The van der Waals surface area contributed by atoms with Crippen LogP contribution in [0.1, 0.15) is 25.7 Å². The van der Waals surface area contributed by atoms with E-state index in [1.54, 1.807) is 0 Å². The average molecular weight is 302 g/mol. The van der Waals surface area contributed by atoms with E-state index in [2.05, 4.69) is 10.1 Å². The lowest BCUT2D eigenvalue weighted by atomic mass is 9.84. The molecular weight excluding hydrogens is 285 g/mol. The smallest absolute Gasteiger partial charge is 0.406 e. The number of amides is 1. The molecule has 0 aromatic heterocycles. The quantitative estimate of drug-likeness (QED) is 0.902. The number of alkyl halides is 3. The fourth-order valence-electron chi connectivity index (χ4n) is 2.49. The fourth-order valence-corrected chi connectivity index (χ4v) is 2.49. The standard InChI is InChI=1S/C14H17F3N2O2/c15-14(16,17)21-10-5-3-4-9(8-10)19-13(20)11-6-1-2-7-12(11)18/h3-5,8,11-12H,1-2,6-7,18H2,(H,19,20). The Morgan fingerprint density at radius 2 is 2.00 bits per heavy atom. The van der Waals surface area contributed by atoms with Gasteiger partial charge in [0, 0.05) is 17.8 Å². The van der Waals surface area contributed by atoms with Crippen molar-refractivity contribution < 1.29 is 22.7 Å². The molecular formula is C14H17F3N2O2. The Bertz CT molecular complexity index is 505. The summed E-state index contributed by atoms with van der Waals surface area (Å²) in [5, 5.41) is 2.60. The van der Waals surface area contributed by atoms with Crippen LogP contribution in [0.25, 0.3) is 0 Å². The normalized spacial score (nSPS) is 22.7. The van der Waals surface area contributed by atoms with Crippen LogP contribution in [-0.2, 0) is 4.79 Å². The second kappa shape index (κ2) is 6.34. The van der Waals surface area contributed by atoms with E-state index >= 15 is 0 Å². The predicted octanol–water partition coefficient (Wildman–Crippen LogP) is 3.04. The molecule has 0 saturated heterocycles. The molecule has 1 saturated carbocycles.